The standard InChI is InChI=1S/C7H13NO2S/c1-2-10-7(11)8-3-5-9-6-4-8/h2-6H2,1H3. The van der Waals surface area contributed by atoms with Gasteiger partial charge in [-0.15, -0.1) is 0 Å². The van der Waals surface area contributed by atoms with Gasteiger partial charge in [0.2, 0.25) is 0 Å². The highest BCUT2D eigenvalue weighted by atomic mass is 32.1. The normalized spacial score (nSPS) is 18.1. The maximum Gasteiger partial charge on any atom is 0.259 e. The van der Waals surface area contributed by atoms with Crippen molar-refractivity contribution in [2.24, 2.45) is 0 Å². The third-order valence-corrected chi connectivity index (χ3v) is 1.91. The molecule has 1 aliphatic rings. The lowest BCUT2D eigenvalue weighted by Crippen LogP contribution is -2.40. The van der Waals surface area contributed by atoms with Crippen molar-refractivity contribution in [1.29, 1.82) is 0 Å². The molecule has 0 amide bonds. The van der Waals surface area contributed by atoms with Crippen LogP contribution in [-0.2, 0) is 9.47 Å². The Balaban J connectivity index is 2.27. The molecule has 64 valence electrons. The quantitative estimate of drug-likeness (QED) is 0.545. The van der Waals surface area contributed by atoms with Crippen molar-refractivity contribution in [3.05, 3.63) is 0 Å². The lowest BCUT2D eigenvalue weighted by Gasteiger charge is -2.27. The topological polar surface area (TPSA) is 21.7 Å². The van der Waals surface area contributed by atoms with Crippen LogP contribution in [0.2, 0.25) is 0 Å². The fourth-order valence-corrected chi connectivity index (χ4v) is 1.26. The average molecular weight is 175 g/mol. The molecule has 0 bridgehead atoms. The molecule has 1 aliphatic heterocycles. The van der Waals surface area contributed by atoms with Crippen LogP contribution in [0.3, 0.4) is 0 Å². The SMILES string of the molecule is CCOC(=S)N1CCOCC1. The number of thiocarbonyl (C=S) groups is 1. The molecule has 1 fully saturated rings. The number of ether oxygens (including phenoxy) is 2. The molecule has 0 aromatic heterocycles. The molecule has 0 unspecified atom stereocenters. The predicted molar refractivity (Wildman–Crippen MR) is 46.6 cm³/mol. The molecule has 1 rings (SSSR count). The lowest BCUT2D eigenvalue weighted by molar-refractivity contribution is 0.0580. The first-order valence-corrected chi connectivity index (χ1v) is 4.25. The summed E-state index contributed by atoms with van der Waals surface area (Å²) in [5, 5.41) is 0.607. The molecule has 0 aliphatic carbocycles. The van der Waals surface area contributed by atoms with Gasteiger partial charge in [0.1, 0.15) is 0 Å². The monoisotopic (exact) mass is 175 g/mol. The Bertz CT molecular complexity index is 134. The lowest BCUT2D eigenvalue weighted by atomic mass is 10.5. The van der Waals surface area contributed by atoms with Crippen LogP contribution in [0.15, 0.2) is 0 Å². The minimum absolute atomic E-state index is 0.607. The molecule has 3 nitrogen and oxygen atoms in total. The Morgan fingerprint density at radius 2 is 2.18 bits per heavy atom. The Morgan fingerprint density at radius 3 is 2.73 bits per heavy atom. The summed E-state index contributed by atoms with van der Waals surface area (Å²) in [7, 11) is 0. The number of hydrogen-bond donors (Lipinski definition) is 0. The highest BCUT2D eigenvalue weighted by molar-refractivity contribution is 7.80. The van der Waals surface area contributed by atoms with Crippen LogP contribution >= 0.6 is 12.2 Å². The third-order valence-electron chi connectivity index (χ3n) is 1.54. The molecule has 1 saturated heterocycles. The molecule has 0 spiro atoms. The number of rotatable bonds is 1. The molecular weight excluding hydrogens is 162 g/mol. The summed E-state index contributed by atoms with van der Waals surface area (Å²) in [6, 6.07) is 0. The van der Waals surface area contributed by atoms with E-state index in [2.05, 4.69) is 0 Å². The van der Waals surface area contributed by atoms with E-state index in [0.717, 1.165) is 26.3 Å². The van der Waals surface area contributed by atoms with E-state index in [0.29, 0.717) is 11.8 Å². The van der Waals surface area contributed by atoms with Crippen LogP contribution in [0.1, 0.15) is 6.92 Å². The summed E-state index contributed by atoms with van der Waals surface area (Å²) >= 11 is 5.02. The van der Waals surface area contributed by atoms with Crippen molar-refractivity contribution in [1.82, 2.24) is 4.90 Å². The van der Waals surface area contributed by atoms with Gasteiger partial charge in [-0.2, -0.15) is 0 Å². The van der Waals surface area contributed by atoms with Crippen LogP contribution in [0.4, 0.5) is 0 Å². The van der Waals surface area contributed by atoms with Gasteiger partial charge in [0, 0.05) is 13.1 Å². The fraction of sp³-hybridized carbons (Fsp3) is 0.857. The number of nitrogens with zero attached hydrogens (tertiary/aromatic N) is 1. The molecule has 11 heavy (non-hydrogen) atoms. The van der Waals surface area contributed by atoms with Crippen LogP contribution in [0.5, 0.6) is 0 Å². The Kier molecular flexibility index (Phi) is 3.59. The molecule has 0 radical (unpaired) electrons. The first kappa shape index (κ1) is 8.74. The molecule has 0 atom stereocenters. The summed E-state index contributed by atoms with van der Waals surface area (Å²) in [6.45, 7) is 5.82. The summed E-state index contributed by atoms with van der Waals surface area (Å²) < 4.78 is 10.4. The van der Waals surface area contributed by atoms with Gasteiger partial charge in [-0.1, -0.05) is 0 Å². The van der Waals surface area contributed by atoms with E-state index in [-0.39, 0.29) is 0 Å². The molecule has 1 heterocycles. The fourth-order valence-electron chi connectivity index (χ4n) is 0.961. The van der Waals surface area contributed by atoms with Crippen molar-refractivity contribution >= 4 is 17.4 Å². The van der Waals surface area contributed by atoms with Crippen LogP contribution < -0.4 is 0 Å². The zero-order valence-corrected chi connectivity index (χ0v) is 7.52. The average Bonchev–Trinajstić information content (AvgIpc) is 2.07. The van der Waals surface area contributed by atoms with E-state index in [1.54, 1.807) is 0 Å². The van der Waals surface area contributed by atoms with E-state index >= 15 is 0 Å². The van der Waals surface area contributed by atoms with Crippen LogP contribution in [0.25, 0.3) is 0 Å². The van der Waals surface area contributed by atoms with Gasteiger partial charge < -0.3 is 14.4 Å². The zero-order chi connectivity index (χ0) is 8.10. The second-order valence-electron chi connectivity index (χ2n) is 2.30. The number of morpholine rings is 1. The first-order chi connectivity index (χ1) is 5.34. The highest BCUT2D eigenvalue weighted by Crippen LogP contribution is 1.99. The van der Waals surface area contributed by atoms with Crippen molar-refractivity contribution < 1.29 is 9.47 Å². The van der Waals surface area contributed by atoms with Gasteiger partial charge in [0.05, 0.1) is 19.8 Å². The van der Waals surface area contributed by atoms with E-state index in [1.165, 1.54) is 0 Å². The second-order valence-corrected chi connectivity index (χ2v) is 2.65. The van der Waals surface area contributed by atoms with Gasteiger partial charge >= 0.3 is 0 Å². The van der Waals surface area contributed by atoms with Crippen LogP contribution in [0, 0.1) is 0 Å². The summed E-state index contributed by atoms with van der Waals surface area (Å²) in [4.78, 5) is 2.03. The molecule has 0 N–H and O–H groups in total. The van der Waals surface area contributed by atoms with Crippen molar-refractivity contribution in [3.8, 4) is 0 Å². The maximum absolute atomic E-state index is 5.18. The third kappa shape index (κ3) is 2.63. The largest absolute Gasteiger partial charge is 0.471 e. The highest BCUT2D eigenvalue weighted by Gasteiger charge is 2.13. The van der Waals surface area contributed by atoms with Gasteiger partial charge in [-0.3, -0.25) is 0 Å². The molecular formula is C7H13NO2S. The summed E-state index contributed by atoms with van der Waals surface area (Å²) in [5.41, 5.74) is 0. The predicted octanol–water partition coefficient (Wildman–Crippen LogP) is 0.640. The maximum atomic E-state index is 5.18. The van der Waals surface area contributed by atoms with E-state index < -0.39 is 0 Å². The Morgan fingerprint density at radius 1 is 1.55 bits per heavy atom. The molecule has 4 heteroatoms. The Hall–Kier alpha value is -0.350. The summed E-state index contributed by atoms with van der Waals surface area (Å²) in [5.74, 6) is 0. The summed E-state index contributed by atoms with van der Waals surface area (Å²) in [6.07, 6.45) is 0. The first-order valence-electron chi connectivity index (χ1n) is 3.84. The molecule has 0 saturated carbocycles. The second kappa shape index (κ2) is 4.51. The Labute approximate surface area is 72.3 Å². The molecule has 0 aromatic rings. The minimum atomic E-state index is 0.607. The van der Waals surface area contributed by atoms with Gasteiger partial charge in [0.25, 0.3) is 5.17 Å². The van der Waals surface area contributed by atoms with E-state index in [4.69, 9.17) is 21.7 Å². The van der Waals surface area contributed by atoms with Gasteiger partial charge in [-0.25, -0.2) is 0 Å². The van der Waals surface area contributed by atoms with Gasteiger partial charge in [-0.05, 0) is 19.1 Å². The van der Waals surface area contributed by atoms with Crippen molar-refractivity contribution in [2.75, 3.05) is 32.9 Å². The number of hydrogen-bond acceptors (Lipinski definition) is 3. The zero-order valence-electron chi connectivity index (χ0n) is 6.71. The van der Waals surface area contributed by atoms with Crippen LogP contribution in [-0.4, -0.2) is 43.0 Å². The van der Waals surface area contributed by atoms with Crippen molar-refractivity contribution in [2.45, 2.75) is 6.92 Å². The van der Waals surface area contributed by atoms with E-state index in [1.807, 2.05) is 11.8 Å². The van der Waals surface area contributed by atoms with E-state index in [9.17, 15) is 0 Å². The minimum Gasteiger partial charge on any atom is -0.471 e. The molecule has 0 aromatic carbocycles. The van der Waals surface area contributed by atoms with Gasteiger partial charge in [0.15, 0.2) is 0 Å². The van der Waals surface area contributed by atoms with Crippen molar-refractivity contribution in [3.63, 3.8) is 0 Å². The smallest absolute Gasteiger partial charge is 0.259 e.